The molecular weight excluding hydrogens is 255 g/mol. The Morgan fingerprint density at radius 1 is 1.16 bits per heavy atom. The van der Waals surface area contributed by atoms with Gasteiger partial charge in [-0.3, -0.25) is 9.97 Å². The Morgan fingerprint density at radius 2 is 1.89 bits per heavy atom. The second-order valence-corrected chi connectivity index (χ2v) is 4.19. The highest BCUT2D eigenvalue weighted by atomic mass is 19.4. The van der Waals surface area contributed by atoms with Gasteiger partial charge < -0.3 is 5.73 Å². The second-order valence-electron chi connectivity index (χ2n) is 4.19. The maximum absolute atomic E-state index is 12.6. The smallest absolute Gasteiger partial charge is 0.323 e. The molecule has 0 saturated heterocycles. The molecule has 0 aliphatic carbocycles. The molecule has 0 radical (unpaired) electrons. The summed E-state index contributed by atoms with van der Waals surface area (Å²) in [5, 5.41) is 0. The lowest BCUT2D eigenvalue weighted by atomic mass is 10.1. The molecule has 1 heterocycles. The average molecular weight is 267 g/mol. The molecule has 0 bridgehead atoms. The zero-order valence-corrected chi connectivity index (χ0v) is 10.1. The van der Waals surface area contributed by atoms with Crippen molar-refractivity contribution < 1.29 is 13.2 Å². The highest BCUT2D eigenvalue weighted by Crippen LogP contribution is 2.31. The third-order valence-corrected chi connectivity index (χ3v) is 2.62. The molecule has 0 amide bonds. The molecule has 1 aromatic heterocycles. The van der Waals surface area contributed by atoms with E-state index in [1.54, 1.807) is 13.0 Å². The largest absolute Gasteiger partial charge is 0.416 e. The number of rotatable bonds is 2. The summed E-state index contributed by atoms with van der Waals surface area (Å²) < 4.78 is 37.8. The van der Waals surface area contributed by atoms with Crippen molar-refractivity contribution in [3.05, 3.63) is 47.9 Å². The fourth-order valence-corrected chi connectivity index (χ4v) is 1.58. The molecule has 0 aliphatic heterocycles. The lowest BCUT2D eigenvalue weighted by Gasteiger charge is -2.09. The average Bonchev–Trinajstić information content (AvgIpc) is 2.38. The van der Waals surface area contributed by atoms with Gasteiger partial charge in [0.15, 0.2) is 0 Å². The first-order valence-electron chi connectivity index (χ1n) is 5.63. The van der Waals surface area contributed by atoms with Crippen molar-refractivity contribution in [1.82, 2.24) is 9.97 Å². The van der Waals surface area contributed by atoms with Gasteiger partial charge in [0, 0.05) is 11.6 Å². The molecule has 1 aromatic carbocycles. The van der Waals surface area contributed by atoms with Crippen molar-refractivity contribution in [3.63, 3.8) is 0 Å². The van der Waals surface area contributed by atoms with E-state index in [4.69, 9.17) is 5.73 Å². The number of benzene rings is 1. The van der Waals surface area contributed by atoms with Crippen LogP contribution in [0.25, 0.3) is 11.3 Å². The predicted octanol–water partition coefficient (Wildman–Crippen LogP) is 3.18. The number of nitrogens with two attached hydrogens (primary N) is 1. The number of nitrogens with zero attached hydrogens (tertiary/aromatic N) is 2. The molecule has 1 atom stereocenters. The van der Waals surface area contributed by atoms with Gasteiger partial charge in [-0.05, 0) is 19.1 Å². The maximum Gasteiger partial charge on any atom is 0.416 e. The van der Waals surface area contributed by atoms with Crippen LogP contribution in [0.15, 0.2) is 36.7 Å². The summed E-state index contributed by atoms with van der Waals surface area (Å²) in [5.74, 6) is 0. The van der Waals surface area contributed by atoms with Gasteiger partial charge >= 0.3 is 6.18 Å². The quantitative estimate of drug-likeness (QED) is 0.909. The van der Waals surface area contributed by atoms with Crippen molar-refractivity contribution in [3.8, 4) is 11.3 Å². The lowest BCUT2D eigenvalue weighted by Crippen LogP contribution is -2.08. The van der Waals surface area contributed by atoms with Crippen LogP contribution in [0.2, 0.25) is 0 Å². The van der Waals surface area contributed by atoms with Crippen LogP contribution in [0.1, 0.15) is 24.2 Å². The SMILES string of the molecule is CC(N)c1cnc(-c2cccc(C(F)(F)F)c2)cn1. The number of hydrogen-bond donors (Lipinski definition) is 1. The van der Waals surface area contributed by atoms with Gasteiger partial charge in [0.2, 0.25) is 0 Å². The Balaban J connectivity index is 2.37. The molecule has 3 nitrogen and oxygen atoms in total. The molecule has 19 heavy (non-hydrogen) atoms. The molecule has 1 unspecified atom stereocenters. The normalized spacial score (nSPS) is 13.3. The van der Waals surface area contributed by atoms with Crippen molar-refractivity contribution in [2.75, 3.05) is 0 Å². The summed E-state index contributed by atoms with van der Waals surface area (Å²) in [6.07, 6.45) is -1.47. The minimum Gasteiger partial charge on any atom is -0.323 e. The molecule has 100 valence electrons. The van der Waals surface area contributed by atoms with Crippen LogP contribution in [-0.2, 0) is 6.18 Å². The first-order chi connectivity index (χ1) is 8.88. The van der Waals surface area contributed by atoms with Gasteiger partial charge in [0.05, 0.1) is 29.3 Å². The molecule has 2 aromatic rings. The predicted molar refractivity (Wildman–Crippen MR) is 65.1 cm³/mol. The van der Waals surface area contributed by atoms with E-state index in [2.05, 4.69) is 9.97 Å². The molecule has 0 saturated carbocycles. The molecule has 2 N–H and O–H groups in total. The number of halogens is 3. The minimum atomic E-state index is -4.37. The number of hydrogen-bond acceptors (Lipinski definition) is 3. The van der Waals surface area contributed by atoms with Gasteiger partial charge in [-0.2, -0.15) is 13.2 Å². The first-order valence-corrected chi connectivity index (χ1v) is 5.63. The summed E-state index contributed by atoms with van der Waals surface area (Å²) in [7, 11) is 0. The minimum absolute atomic E-state index is 0.261. The Morgan fingerprint density at radius 3 is 2.42 bits per heavy atom. The molecule has 6 heteroatoms. The van der Waals surface area contributed by atoms with E-state index < -0.39 is 11.7 Å². The highest BCUT2D eigenvalue weighted by molar-refractivity contribution is 5.59. The van der Waals surface area contributed by atoms with E-state index in [-0.39, 0.29) is 6.04 Å². The Labute approximate surface area is 108 Å². The summed E-state index contributed by atoms with van der Waals surface area (Å²) in [6, 6.07) is 4.72. The highest BCUT2D eigenvalue weighted by Gasteiger charge is 2.30. The zero-order valence-electron chi connectivity index (χ0n) is 10.1. The second kappa shape index (κ2) is 4.97. The first kappa shape index (κ1) is 13.5. The molecule has 2 rings (SSSR count). The van der Waals surface area contributed by atoms with Crippen LogP contribution in [0.5, 0.6) is 0 Å². The van der Waals surface area contributed by atoms with Crippen LogP contribution < -0.4 is 5.73 Å². The van der Waals surface area contributed by atoms with Gasteiger partial charge in [-0.15, -0.1) is 0 Å². The molecule has 0 spiro atoms. The van der Waals surface area contributed by atoms with E-state index in [1.807, 2.05) is 0 Å². The van der Waals surface area contributed by atoms with E-state index in [9.17, 15) is 13.2 Å². The Kier molecular flexibility index (Phi) is 3.53. The van der Waals surface area contributed by atoms with Crippen LogP contribution >= 0.6 is 0 Å². The van der Waals surface area contributed by atoms with E-state index in [1.165, 1.54) is 18.5 Å². The fraction of sp³-hybridized carbons (Fsp3) is 0.231. The fourth-order valence-electron chi connectivity index (χ4n) is 1.58. The monoisotopic (exact) mass is 267 g/mol. The Bertz CT molecular complexity index is 562. The molecule has 0 aliphatic rings. The van der Waals surface area contributed by atoms with Crippen LogP contribution in [0.3, 0.4) is 0 Å². The standard InChI is InChI=1S/C13H12F3N3/c1-8(17)11-6-19-12(7-18-11)9-3-2-4-10(5-9)13(14,15)16/h2-8H,17H2,1H3. The topological polar surface area (TPSA) is 51.8 Å². The zero-order chi connectivity index (χ0) is 14.0. The summed E-state index contributed by atoms with van der Waals surface area (Å²) in [5.41, 5.74) is 6.28. The summed E-state index contributed by atoms with van der Waals surface area (Å²) >= 11 is 0. The van der Waals surface area contributed by atoms with Crippen molar-refractivity contribution in [2.45, 2.75) is 19.1 Å². The Hall–Kier alpha value is -1.95. The molecule has 0 fully saturated rings. The number of aromatic nitrogens is 2. The maximum atomic E-state index is 12.6. The summed E-state index contributed by atoms with van der Waals surface area (Å²) in [6.45, 7) is 1.76. The molecular formula is C13H12F3N3. The van der Waals surface area contributed by atoms with Crippen LogP contribution in [-0.4, -0.2) is 9.97 Å². The van der Waals surface area contributed by atoms with E-state index >= 15 is 0 Å². The van der Waals surface area contributed by atoms with E-state index in [0.717, 1.165) is 12.1 Å². The van der Waals surface area contributed by atoms with Crippen molar-refractivity contribution in [1.29, 1.82) is 0 Å². The lowest BCUT2D eigenvalue weighted by molar-refractivity contribution is -0.137. The van der Waals surface area contributed by atoms with Crippen LogP contribution in [0.4, 0.5) is 13.2 Å². The van der Waals surface area contributed by atoms with Crippen molar-refractivity contribution >= 4 is 0 Å². The van der Waals surface area contributed by atoms with Crippen molar-refractivity contribution in [2.24, 2.45) is 5.73 Å². The third-order valence-electron chi connectivity index (χ3n) is 2.62. The van der Waals surface area contributed by atoms with Gasteiger partial charge in [0.1, 0.15) is 0 Å². The van der Waals surface area contributed by atoms with Crippen LogP contribution in [0, 0.1) is 0 Å². The van der Waals surface area contributed by atoms with Gasteiger partial charge in [-0.25, -0.2) is 0 Å². The third kappa shape index (κ3) is 3.08. The summed E-state index contributed by atoms with van der Waals surface area (Å²) in [4.78, 5) is 8.16. The number of alkyl halides is 3. The van der Waals surface area contributed by atoms with Gasteiger partial charge in [-0.1, -0.05) is 12.1 Å². The van der Waals surface area contributed by atoms with E-state index in [0.29, 0.717) is 17.0 Å². The van der Waals surface area contributed by atoms with Gasteiger partial charge in [0.25, 0.3) is 0 Å².